The first-order valence-corrected chi connectivity index (χ1v) is 8.02. The fraction of sp³-hybridized carbons (Fsp3) is 0.267. The standard InChI is InChI=1S/C15H18N2O3S/c1-4-8-17(9-5-2)21(19,20)12-6-7-14-13(10-12)11(3)15(18)16-14/h4-7,10-11H,1-2,8-9H2,3H3,(H,16,18)/t11-/m1/s1. The van der Waals surface area contributed by atoms with E-state index in [4.69, 9.17) is 0 Å². The predicted octanol–water partition coefficient (Wildman–Crippen LogP) is 2.10. The van der Waals surface area contributed by atoms with E-state index < -0.39 is 10.0 Å². The van der Waals surface area contributed by atoms with E-state index in [2.05, 4.69) is 18.5 Å². The van der Waals surface area contributed by atoms with Crippen molar-refractivity contribution < 1.29 is 13.2 Å². The summed E-state index contributed by atoms with van der Waals surface area (Å²) in [5, 5.41) is 2.73. The normalized spacial score (nSPS) is 17.4. The molecule has 6 heteroatoms. The van der Waals surface area contributed by atoms with Crippen molar-refractivity contribution in [3.8, 4) is 0 Å². The van der Waals surface area contributed by atoms with Crippen molar-refractivity contribution >= 4 is 21.6 Å². The molecular weight excluding hydrogens is 288 g/mol. The van der Waals surface area contributed by atoms with Crippen LogP contribution in [0, 0.1) is 0 Å². The summed E-state index contributed by atoms with van der Waals surface area (Å²) in [4.78, 5) is 11.8. The van der Waals surface area contributed by atoms with Crippen LogP contribution in [0.4, 0.5) is 5.69 Å². The van der Waals surface area contributed by atoms with Gasteiger partial charge < -0.3 is 5.32 Å². The zero-order valence-corrected chi connectivity index (χ0v) is 12.7. The zero-order valence-electron chi connectivity index (χ0n) is 11.9. The van der Waals surface area contributed by atoms with Gasteiger partial charge in [-0.3, -0.25) is 4.79 Å². The molecule has 1 aliphatic rings. The molecule has 0 fully saturated rings. The Hall–Kier alpha value is -1.92. The second-order valence-corrected chi connectivity index (χ2v) is 6.80. The molecule has 1 heterocycles. The Balaban J connectivity index is 2.44. The molecule has 0 aromatic heterocycles. The molecule has 1 atom stereocenters. The van der Waals surface area contributed by atoms with E-state index in [1.165, 1.54) is 22.5 Å². The summed E-state index contributed by atoms with van der Waals surface area (Å²) in [6.45, 7) is 9.32. The SMILES string of the molecule is C=CCN(CC=C)S(=O)(=O)c1ccc2c(c1)[C@@H](C)C(=O)N2. The Morgan fingerprint density at radius 3 is 2.48 bits per heavy atom. The molecule has 0 unspecified atom stereocenters. The average molecular weight is 306 g/mol. The van der Waals surface area contributed by atoms with Gasteiger partial charge in [-0.15, -0.1) is 13.2 Å². The van der Waals surface area contributed by atoms with E-state index in [0.29, 0.717) is 11.3 Å². The summed E-state index contributed by atoms with van der Waals surface area (Å²) in [6, 6.07) is 4.70. The number of sulfonamides is 1. The van der Waals surface area contributed by atoms with Crippen LogP contribution >= 0.6 is 0 Å². The Labute approximate surface area is 125 Å². The van der Waals surface area contributed by atoms with E-state index in [1.54, 1.807) is 19.1 Å². The first kappa shape index (κ1) is 15.5. The van der Waals surface area contributed by atoms with Crippen LogP contribution in [0.5, 0.6) is 0 Å². The minimum atomic E-state index is -3.64. The third-order valence-corrected chi connectivity index (χ3v) is 5.27. The molecule has 0 saturated heterocycles. The highest BCUT2D eigenvalue weighted by atomic mass is 32.2. The molecule has 112 valence electrons. The quantitative estimate of drug-likeness (QED) is 0.819. The summed E-state index contributed by atoms with van der Waals surface area (Å²) in [5.74, 6) is -0.462. The van der Waals surface area contributed by atoms with Gasteiger partial charge in [-0.05, 0) is 30.7 Å². The first-order chi connectivity index (χ1) is 9.91. The Morgan fingerprint density at radius 2 is 1.90 bits per heavy atom. The maximum atomic E-state index is 12.6. The molecule has 1 amide bonds. The van der Waals surface area contributed by atoms with Crippen LogP contribution in [0.15, 0.2) is 48.4 Å². The third-order valence-electron chi connectivity index (χ3n) is 3.44. The largest absolute Gasteiger partial charge is 0.325 e. The second-order valence-electron chi connectivity index (χ2n) is 4.86. The highest BCUT2D eigenvalue weighted by Crippen LogP contribution is 2.34. The highest BCUT2D eigenvalue weighted by molar-refractivity contribution is 7.89. The van der Waals surface area contributed by atoms with Gasteiger partial charge in [0.25, 0.3) is 0 Å². The number of amides is 1. The minimum absolute atomic E-state index is 0.117. The van der Waals surface area contributed by atoms with E-state index in [1.807, 2.05) is 0 Å². The molecule has 0 radical (unpaired) electrons. The molecule has 1 aromatic carbocycles. The molecule has 5 nitrogen and oxygen atoms in total. The molecule has 21 heavy (non-hydrogen) atoms. The lowest BCUT2D eigenvalue weighted by Gasteiger charge is -2.19. The van der Waals surface area contributed by atoms with E-state index >= 15 is 0 Å². The molecule has 0 spiro atoms. The van der Waals surface area contributed by atoms with Crippen LogP contribution < -0.4 is 5.32 Å². The van der Waals surface area contributed by atoms with Crippen LogP contribution in [0.2, 0.25) is 0 Å². The summed E-state index contributed by atoms with van der Waals surface area (Å²) in [5.41, 5.74) is 1.38. The molecular formula is C15H18N2O3S. The highest BCUT2D eigenvalue weighted by Gasteiger charge is 2.30. The minimum Gasteiger partial charge on any atom is -0.325 e. The predicted molar refractivity (Wildman–Crippen MR) is 82.6 cm³/mol. The zero-order chi connectivity index (χ0) is 15.6. The summed E-state index contributed by atoms with van der Waals surface area (Å²) >= 11 is 0. The van der Waals surface area contributed by atoms with Gasteiger partial charge in [0.1, 0.15) is 0 Å². The Bertz CT molecular complexity index is 685. The van der Waals surface area contributed by atoms with Crippen molar-refractivity contribution in [2.75, 3.05) is 18.4 Å². The van der Waals surface area contributed by atoms with E-state index in [-0.39, 0.29) is 29.8 Å². The van der Waals surface area contributed by atoms with Crippen LogP contribution in [0.1, 0.15) is 18.4 Å². The fourth-order valence-corrected chi connectivity index (χ4v) is 3.68. The van der Waals surface area contributed by atoms with Gasteiger partial charge in [0.15, 0.2) is 0 Å². The topological polar surface area (TPSA) is 66.5 Å². The molecule has 0 aliphatic carbocycles. The molecule has 1 N–H and O–H groups in total. The molecule has 2 rings (SSSR count). The van der Waals surface area contributed by atoms with Gasteiger partial charge in [0.2, 0.25) is 15.9 Å². The smallest absolute Gasteiger partial charge is 0.243 e. The third kappa shape index (κ3) is 2.77. The molecule has 0 saturated carbocycles. The van der Waals surface area contributed by atoms with Crippen molar-refractivity contribution in [2.45, 2.75) is 17.7 Å². The Kier molecular flexibility index (Phi) is 4.29. The second kappa shape index (κ2) is 5.83. The lowest BCUT2D eigenvalue weighted by Crippen LogP contribution is -2.31. The Morgan fingerprint density at radius 1 is 1.29 bits per heavy atom. The maximum Gasteiger partial charge on any atom is 0.243 e. The van der Waals surface area contributed by atoms with E-state index in [9.17, 15) is 13.2 Å². The number of anilines is 1. The molecule has 0 bridgehead atoms. The number of fused-ring (bicyclic) bond motifs is 1. The lowest BCUT2D eigenvalue weighted by atomic mass is 10.0. The van der Waals surface area contributed by atoms with Crippen molar-refractivity contribution in [1.29, 1.82) is 0 Å². The van der Waals surface area contributed by atoms with Gasteiger partial charge in [-0.25, -0.2) is 8.42 Å². The van der Waals surface area contributed by atoms with Crippen LogP contribution in [-0.4, -0.2) is 31.7 Å². The lowest BCUT2D eigenvalue weighted by molar-refractivity contribution is -0.116. The van der Waals surface area contributed by atoms with Crippen LogP contribution in [0.3, 0.4) is 0 Å². The van der Waals surface area contributed by atoms with Gasteiger partial charge in [0, 0.05) is 18.8 Å². The fourth-order valence-electron chi connectivity index (χ4n) is 2.26. The number of carbonyl (C=O) groups is 1. The van der Waals surface area contributed by atoms with Crippen molar-refractivity contribution in [1.82, 2.24) is 4.31 Å². The molecule has 1 aromatic rings. The van der Waals surface area contributed by atoms with Gasteiger partial charge in [-0.1, -0.05) is 12.2 Å². The number of hydrogen-bond donors (Lipinski definition) is 1. The first-order valence-electron chi connectivity index (χ1n) is 6.58. The number of benzene rings is 1. The summed E-state index contributed by atoms with van der Waals surface area (Å²) < 4.78 is 26.5. The van der Waals surface area contributed by atoms with Crippen molar-refractivity contribution in [2.24, 2.45) is 0 Å². The van der Waals surface area contributed by atoms with Crippen molar-refractivity contribution in [3.63, 3.8) is 0 Å². The molecule has 1 aliphatic heterocycles. The number of carbonyl (C=O) groups excluding carboxylic acids is 1. The van der Waals surface area contributed by atoms with Crippen molar-refractivity contribution in [3.05, 3.63) is 49.1 Å². The van der Waals surface area contributed by atoms with Crippen LogP contribution in [-0.2, 0) is 14.8 Å². The number of nitrogens with one attached hydrogen (secondary N) is 1. The summed E-state index contributed by atoms with van der Waals surface area (Å²) in [6.07, 6.45) is 3.06. The number of rotatable bonds is 6. The monoisotopic (exact) mass is 306 g/mol. The van der Waals surface area contributed by atoms with E-state index in [0.717, 1.165) is 0 Å². The van der Waals surface area contributed by atoms with Gasteiger partial charge in [0.05, 0.1) is 10.8 Å². The average Bonchev–Trinajstić information content (AvgIpc) is 2.73. The van der Waals surface area contributed by atoms with Gasteiger partial charge >= 0.3 is 0 Å². The van der Waals surface area contributed by atoms with Gasteiger partial charge in [-0.2, -0.15) is 4.31 Å². The van der Waals surface area contributed by atoms with Crippen LogP contribution in [0.25, 0.3) is 0 Å². The number of hydrogen-bond acceptors (Lipinski definition) is 3. The maximum absolute atomic E-state index is 12.6. The summed E-state index contributed by atoms with van der Waals surface area (Å²) in [7, 11) is -3.64. The number of nitrogens with zero attached hydrogens (tertiary/aromatic N) is 1.